The minimum atomic E-state index is -0.959. The summed E-state index contributed by atoms with van der Waals surface area (Å²) in [6.45, 7) is 7.91. The third-order valence-electron chi connectivity index (χ3n) is 4.09. The van der Waals surface area contributed by atoms with Crippen LogP contribution in [0.1, 0.15) is 65.7 Å². The molecule has 2 N–H and O–H groups in total. The average molecular weight is 342 g/mol. The number of rotatable bonds is 12. The quantitative estimate of drug-likeness (QED) is 0.493. The van der Waals surface area contributed by atoms with E-state index < -0.39 is 7.26 Å². The number of hydrogen-bond donors (Lipinski definition) is 1. The van der Waals surface area contributed by atoms with E-state index in [9.17, 15) is 0 Å². The van der Waals surface area contributed by atoms with Crippen molar-refractivity contribution in [1.29, 1.82) is 0 Å². The van der Waals surface area contributed by atoms with Gasteiger partial charge in [-0.2, -0.15) is 0 Å². The topological polar surface area (TPSA) is 26.0 Å². The Balaban J connectivity index is 0. The Morgan fingerprint density at radius 1 is 0.667 bits per heavy atom. The van der Waals surface area contributed by atoms with Crippen LogP contribution in [0.4, 0.5) is 0 Å². The Labute approximate surface area is 127 Å². The monoisotopic (exact) mass is 341 g/mol. The van der Waals surface area contributed by atoms with Crippen LogP contribution in [-0.4, -0.2) is 31.2 Å². The van der Waals surface area contributed by atoms with E-state index in [0.29, 0.717) is 0 Å². The van der Waals surface area contributed by atoms with Crippen molar-refractivity contribution in [2.75, 3.05) is 31.2 Å². The molecule has 0 amide bonds. The molecule has 18 heavy (non-hydrogen) atoms. The zero-order valence-electron chi connectivity index (χ0n) is 13.0. The predicted molar refractivity (Wildman–Crippen MR) is 96.5 cm³/mol. The van der Waals surface area contributed by atoms with E-state index in [1.165, 1.54) is 51.1 Å². The Kier molecular flexibility index (Phi) is 16.8. The van der Waals surface area contributed by atoms with Crippen LogP contribution in [0.5, 0.6) is 0 Å². The van der Waals surface area contributed by atoms with Crippen molar-refractivity contribution in [2.45, 2.75) is 65.7 Å². The molecule has 0 radical (unpaired) electrons. The normalized spacial score (nSPS) is 12.2. The van der Waals surface area contributed by atoms with Crippen LogP contribution in [0.25, 0.3) is 0 Å². The molecule has 0 unspecified atom stereocenters. The second-order valence-corrected chi connectivity index (χ2v) is 10.7. The summed E-state index contributed by atoms with van der Waals surface area (Å²) in [5.41, 5.74) is 5.74. The summed E-state index contributed by atoms with van der Waals surface area (Å²) in [5.74, 6) is 0. The fraction of sp³-hybridized carbons (Fsp3) is 1.00. The molecule has 0 aromatic heterocycles. The Morgan fingerprint density at radius 3 is 1.28 bits per heavy atom. The van der Waals surface area contributed by atoms with Crippen molar-refractivity contribution in [2.24, 2.45) is 5.73 Å². The summed E-state index contributed by atoms with van der Waals surface area (Å²) in [6, 6.07) is 0. The van der Waals surface area contributed by atoms with Crippen molar-refractivity contribution in [3.8, 4) is 0 Å². The molecule has 1 nitrogen and oxygen atoms in total. The van der Waals surface area contributed by atoms with E-state index in [-0.39, 0.29) is 17.0 Å². The first-order valence-corrected chi connectivity index (χ1v) is 10.8. The van der Waals surface area contributed by atoms with Gasteiger partial charge in [0.2, 0.25) is 0 Å². The Hall–Kier alpha value is 0.870. The molecule has 0 aliphatic rings. The van der Waals surface area contributed by atoms with Crippen molar-refractivity contribution in [3.63, 3.8) is 0 Å². The van der Waals surface area contributed by atoms with Crippen LogP contribution in [0.3, 0.4) is 0 Å². The number of nitrogens with two attached hydrogens (primary N) is 1. The van der Waals surface area contributed by atoms with E-state index in [1.54, 1.807) is 18.5 Å². The molecule has 0 rings (SSSR count). The number of halogens is 1. The average Bonchev–Trinajstić information content (AvgIpc) is 2.37. The maximum absolute atomic E-state index is 5.74. The van der Waals surface area contributed by atoms with E-state index >= 15 is 0 Å². The zero-order chi connectivity index (χ0) is 13.0. The van der Waals surface area contributed by atoms with E-state index in [4.69, 9.17) is 5.73 Å². The molecule has 0 heterocycles. The van der Waals surface area contributed by atoms with Crippen LogP contribution >= 0.6 is 24.2 Å². The molecule has 0 saturated carbocycles. The summed E-state index contributed by atoms with van der Waals surface area (Å²) in [6.07, 6.45) is 16.0. The van der Waals surface area contributed by atoms with Crippen molar-refractivity contribution < 1.29 is 0 Å². The molecule has 0 atom stereocenters. The fourth-order valence-electron chi connectivity index (χ4n) is 2.88. The first-order chi connectivity index (χ1) is 8.24. The van der Waals surface area contributed by atoms with E-state index in [1.807, 2.05) is 0 Å². The molecule has 0 fully saturated rings. The summed E-state index contributed by atoms with van der Waals surface area (Å²) < 4.78 is 0. The fourth-order valence-corrected chi connectivity index (χ4v) is 8.65. The summed E-state index contributed by atoms with van der Waals surface area (Å²) in [7, 11) is -0.959. The first kappa shape index (κ1) is 21.2. The molecular formula is C15H37BrNP. The number of unbranched alkanes of at least 4 members (excludes halogenated alkanes) is 3. The Bertz CT molecular complexity index is 127. The molecule has 3 heteroatoms. The van der Waals surface area contributed by atoms with Crippen molar-refractivity contribution in [1.82, 2.24) is 0 Å². The van der Waals surface area contributed by atoms with Gasteiger partial charge in [0.15, 0.2) is 0 Å². The van der Waals surface area contributed by atoms with Gasteiger partial charge in [-0.15, -0.1) is 17.0 Å². The molecule has 114 valence electrons. The van der Waals surface area contributed by atoms with Crippen LogP contribution in [0.15, 0.2) is 0 Å². The van der Waals surface area contributed by atoms with Gasteiger partial charge in [-0.25, -0.2) is 0 Å². The van der Waals surface area contributed by atoms with Gasteiger partial charge in [0.1, 0.15) is 0 Å². The Morgan fingerprint density at radius 2 is 1.00 bits per heavy atom. The summed E-state index contributed by atoms with van der Waals surface area (Å²) >= 11 is 0. The van der Waals surface area contributed by atoms with Gasteiger partial charge < -0.3 is 0 Å². The molecule has 0 aromatic carbocycles. The standard InChI is InChI=1S/C15H36NP.BrH/c1-4-7-12-17(13-8-5-2,14-9-6-3)15-10-11-16;/h17H,4-16H2,1-3H3;1H. The molecule has 0 aromatic rings. The van der Waals surface area contributed by atoms with Crippen LogP contribution in [0, 0.1) is 0 Å². The van der Waals surface area contributed by atoms with Crippen LogP contribution in [-0.2, 0) is 0 Å². The van der Waals surface area contributed by atoms with E-state index in [2.05, 4.69) is 20.8 Å². The third kappa shape index (κ3) is 9.75. The zero-order valence-corrected chi connectivity index (χ0v) is 15.7. The van der Waals surface area contributed by atoms with Gasteiger partial charge in [0.25, 0.3) is 0 Å². The molecule has 0 aliphatic carbocycles. The molecule has 0 spiro atoms. The predicted octanol–water partition coefficient (Wildman–Crippen LogP) is 5.06. The summed E-state index contributed by atoms with van der Waals surface area (Å²) in [4.78, 5) is 0. The molecule has 0 aliphatic heterocycles. The summed E-state index contributed by atoms with van der Waals surface area (Å²) in [5, 5.41) is 0. The van der Waals surface area contributed by atoms with Gasteiger partial charge >= 0.3 is 110 Å². The minimum absolute atomic E-state index is 0. The van der Waals surface area contributed by atoms with Gasteiger partial charge in [0, 0.05) is 0 Å². The van der Waals surface area contributed by atoms with Crippen LogP contribution in [0.2, 0.25) is 0 Å². The van der Waals surface area contributed by atoms with Gasteiger partial charge in [0.05, 0.1) is 0 Å². The van der Waals surface area contributed by atoms with Gasteiger partial charge in [-0.3, -0.25) is 0 Å². The van der Waals surface area contributed by atoms with Crippen LogP contribution < -0.4 is 5.73 Å². The van der Waals surface area contributed by atoms with Crippen molar-refractivity contribution in [3.05, 3.63) is 0 Å². The van der Waals surface area contributed by atoms with Gasteiger partial charge in [-0.1, -0.05) is 0 Å². The SMILES string of the molecule is Br.CCCC[PH](CCCC)(CCCC)CCCN. The van der Waals surface area contributed by atoms with E-state index in [0.717, 1.165) is 6.54 Å². The second-order valence-electron chi connectivity index (χ2n) is 5.70. The van der Waals surface area contributed by atoms with Crippen molar-refractivity contribution >= 4 is 24.2 Å². The van der Waals surface area contributed by atoms with Gasteiger partial charge in [-0.05, 0) is 0 Å². The maximum atomic E-state index is 5.74. The molecule has 0 bridgehead atoms. The molecular weight excluding hydrogens is 305 g/mol. The second kappa shape index (κ2) is 14.3. The third-order valence-corrected chi connectivity index (χ3v) is 9.75. The molecule has 0 saturated heterocycles. The first-order valence-electron chi connectivity index (χ1n) is 7.94. The number of hydrogen-bond acceptors (Lipinski definition) is 1.